The maximum atomic E-state index is 12.2. The zero-order valence-electron chi connectivity index (χ0n) is 15.4. The molecule has 0 aliphatic carbocycles. The Morgan fingerprint density at radius 2 is 1.85 bits per heavy atom. The molecule has 1 aromatic rings. The smallest absolute Gasteiger partial charge is 0.317 e. The number of amides is 2. The summed E-state index contributed by atoms with van der Waals surface area (Å²) < 4.78 is 0. The van der Waals surface area contributed by atoms with Crippen molar-refractivity contribution in [2.24, 2.45) is 5.92 Å². The molecular formula is C20H29N5O. The summed E-state index contributed by atoms with van der Waals surface area (Å²) >= 11 is 0. The average Bonchev–Trinajstić information content (AvgIpc) is 2.70. The van der Waals surface area contributed by atoms with E-state index in [-0.39, 0.29) is 11.9 Å². The zero-order chi connectivity index (χ0) is 18.2. The fraction of sp³-hybridized carbons (Fsp3) is 0.600. The minimum Gasteiger partial charge on any atom is -0.337 e. The number of rotatable bonds is 5. The summed E-state index contributed by atoms with van der Waals surface area (Å²) in [5, 5.41) is 12.0. The van der Waals surface area contributed by atoms with Gasteiger partial charge in [0.2, 0.25) is 0 Å². The monoisotopic (exact) mass is 355 g/mol. The van der Waals surface area contributed by atoms with E-state index >= 15 is 0 Å². The second-order valence-electron chi connectivity index (χ2n) is 7.25. The Labute approximate surface area is 156 Å². The molecule has 0 bridgehead atoms. The van der Waals surface area contributed by atoms with Gasteiger partial charge >= 0.3 is 6.03 Å². The molecule has 0 aromatic heterocycles. The third-order valence-corrected chi connectivity index (χ3v) is 5.31. The number of likely N-dealkylation sites (tertiary alicyclic amines) is 1. The van der Waals surface area contributed by atoms with E-state index in [1.807, 2.05) is 0 Å². The molecule has 2 amide bonds. The van der Waals surface area contributed by atoms with Crippen LogP contribution in [0.4, 0.5) is 4.79 Å². The molecule has 1 N–H and O–H groups in total. The van der Waals surface area contributed by atoms with Crippen molar-refractivity contribution < 1.29 is 4.79 Å². The number of nitrogens with zero attached hydrogens (tertiary/aromatic N) is 4. The number of carbonyl (C=O) groups excluding carboxylic acids is 1. The van der Waals surface area contributed by atoms with Gasteiger partial charge in [0.15, 0.2) is 0 Å². The van der Waals surface area contributed by atoms with Crippen LogP contribution in [0.2, 0.25) is 0 Å². The molecule has 1 aromatic carbocycles. The average molecular weight is 355 g/mol. The van der Waals surface area contributed by atoms with E-state index in [1.165, 1.54) is 5.56 Å². The molecule has 3 rings (SSSR count). The Morgan fingerprint density at radius 3 is 2.58 bits per heavy atom. The van der Waals surface area contributed by atoms with Crippen LogP contribution < -0.4 is 5.32 Å². The second kappa shape index (κ2) is 9.56. The van der Waals surface area contributed by atoms with Crippen molar-refractivity contribution in [1.29, 1.82) is 5.26 Å². The SMILES string of the molecule is N#C[C@@H]1CCCN(C(=O)NCCN2CCN(Cc3ccccc3)CC2)C1. The highest BCUT2D eigenvalue weighted by Crippen LogP contribution is 2.15. The van der Waals surface area contributed by atoms with Crippen molar-refractivity contribution in [3.8, 4) is 6.07 Å². The Balaban J connectivity index is 1.31. The predicted molar refractivity (Wildman–Crippen MR) is 101 cm³/mol. The topological polar surface area (TPSA) is 62.6 Å². The van der Waals surface area contributed by atoms with Gasteiger partial charge in [-0.1, -0.05) is 30.3 Å². The van der Waals surface area contributed by atoms with Crippen molar-refractivity contribution in [3.05, 3.63) is 35.9 Å². The Hall–Kier alpha value is -2.10. The lowest BCUT2D eigenvalue weighted by Gasteiger charge is -2.35. The van der Waals surface area contributed by atoms with E-state index in [1.54, 1.807) is 4.90 Å². The predicted octanol–water partition coefficient (Wildman–Crippen LogP) is 1.75. The van der Waals surface area contributed by atoms with Gasteiger partial charge in [-0.3, -0.25) is 9.80 Å². The third-order valence-electron chi connectivity index (χ3n) is 5.31. The van der Waals surface area contributed by atoms with Gasteiger partial charge in [-0.25, -0.2) is 4.79 Å². The van der Waals surface area contributed by atoms with Gasteiger partial charge in [0.1, 0.15) is 0 Å². The van der Waals surface area contributed by atoms with Crippen LogP contribution in [-0.4, -0.2) is 73.1 Å². The van der Waals surface area contributed by atoms with Crippen LogP contribution in [0.1, 0.15) is 18.4 Å². The van der Waals surface area contributed by atoms with Crippen LogP contribution >= 0.6 is 0 Å². The van der Waals surface area contributed by atoms with E-state index in [2.05, 4.69) is 51.5 Å². The Kier molecular flexibility index (Phi) is 6.87. The lowest BCUT2D eigenvalue weighted by atomic mass is 10.0. The Bertz CT molecular complexity index is 606. The van der Waals surface area contributed by atoms with Crippen LogP contribution in [0.5, 0.6) is 0 Å². The minimum atomic E-state index is -0.0207. The van der Waals surface area contributed by atoms with Gasteiger partial charge in [-0.15, -0.1) is 0 Å². The number of hydrogen-bond donors (Lipinski definition) is 1. The fourth-order valence-corrected chi connectivity index (χ4v) is 3.71. The number of carbonyl (C=O) groups is 1. The van der Waals surface area contributed by atoms with E-state index < -0.39 is 0 Å². The first-order valence-electron chi connectivity index (χ1n) is 9.65. The molecule has 2 aliphatic heterocycles. The highest BCUT2D eigenvalue weighted by atomic mass is 16.2. The molecule has 2 fully saturated rings. The molecule has 2 heterocycles. The number of piperidine rings is 1. The molecular weight excluding hydrogens is 326 g/mol. The number of benzene rings is 1. The second-order valence-corrected chi connectivity index (χ2v) is 7.25. The highest BCUT2D eigenvalue weighted by molar-refractivity contribution is 5.74. The van der Waals surface area contributed by atoms with Crippen molar-refractivity contribution in [2.45, 2.75) is 19.4 Å². The standard InChI is InChI=1S/C20H29N5O/c21-15-19-7-4-9-25(17-19)20(26)22-8-10-23-11-13-24(14-12-23)16-18-5-2-1-3-6-18/h1-3,5-6,19H,4,7-14,16-17H2,(H,22,26)/t19-/m0/s1. The zero-order valence-corrected chi connectivity index (χ0v) is 15.4. The van der Waals surface area contributed by atoms with Crippen LogP contribution in [0.15, 0.2) is 30.3 Å². The van der Waals surface area contributed by atoms with Crippen LogP contribution in [-0.2, 0) is 6.54 Å². The molecule has 0 radical (unpaired) electrons. The van der Waals surface area contributed by atoms with Gasteiger partial charge in [-0.2, -0.15) is 5.26 Å². The molecule has 2 aliphatic rings. The highest BCUT2D eigenvalue weighted by Gasteiger charge is 2.23. The van der Waals surface area contributed by atoms with Crippen molar-refractivity contribution in [3.63, 3.8) is 0 Å². The summed E-state index contributed by atoms with van der Waals surface area (Å²) in [6.07, 6.45) is 1.84. The molecule has 6 heteroatoms. The number of piperazine rings is 1. The van der Waals surface area contributed by atoms with Gasteiger partial charge in [0, 0.05) is 58.9 Å². The number of nitrogens with one attached hydrogen (secondary N) is 1. The van der Waals surface area contributed by atoms with Gasteiger partial charge in [-0.05, 0) is 18.4 Å². The first-order valence-corrected chi connectivity index (χ1v) is 9.65. The van der Waals surface area contributed by atoms with Crippen molar-refractivity contribution in [1.82, 2.24) is 20.0 Å². The van der Waals surface area contributed by atoms with Gasteiger partial charge in [0.05, 0.1) is 12.0 Å². The molecule has 1 atom stereocenters. The van der Waals surface area contributed by atoms with Crippen molar-refractivity contribution in [2.75, 3.05) is 52.4 Å². The summed E-state index contributed by atoms with van der Waals surface area (Å²) in [6.45, 7) is 8.14. The third kappa shape index (κ3) is 5.45. The number of nitriles is 1. The van der Waals surface area contributed by atoms with Crippen LogP contribution in [0.25, 0.3) is 0 Å². The molecule has 0 unspecified atom stereocenters. The maximum absolute atomic E-state index is 12.2. The summed E-state index contributed by atoms with van der Waals surface area (Å²) in [5.41, 5.74) is 1.37. The van der Waals surface area contributed by atoms with Crippen LogP contribution in [0, 0.1) is 17.2 Å². The van der Waals surface area contributed by atoms with E-state index in [0.29, 0.717) is 13.1 Å². The van der Waals surface area contributed by atoms with Gasteiger partial charge in [0.25, 0.3) is 0 Å². The number of hydrogen-bond acceptors (Lipinski definition) is 4. The molecule has 6 nitrogen and oxygen atoms in total. The quantitative estimate of drug-likeness (QED) is 0.874. The van der Waals surface area contributed by atoms with Gasteiger partial charge < -0.3 is 10.2 Å². The van der Waals surface area contributed by atoms with Crippen molar-refractivity contribution >= 4 is 6.03 Å². The molecule has 2 saturated heterocycles. The number of urea groups is 1. The van der Waals surface area contributed by atoms with E-state index in [0.717, 1.165) is 58.7 Å². The molecule has 140 valence electrons. The van der Waals surface area contributed by atoms with Crippen LogP contribution in [0.3, 0.4) is 0 Å². The minimum absolute atomic E-state index is 0.00723. The summed E-state index contributed by atoms with van der Waals surface area (Å²) in [4.78, 5) is 18.9. The lowest BCUT2D eigenvalue weighted by Crippen LogP contribution is -2.50. The van der Waals surface area contributed by atoms with E-state index in [4.69, 9.17) is 5.26 Å². The maximum Gasteiger partial charge on any atom is 0.317 e. The first kappa shape index (κ1) is 18.7. The lowest BCUT2D eigenvalue weighted by molar-refractivity contribution is 0.126. The summed E-state index contributed by atoms with van der Waals surface area (Å²) in [7, 11) is 0. The molecule has 0 saturated carbocycles. The summed E-state index contributed by atoms with van der Waals surface area (Å²) in [6, 6.07) is 12.9. The summed E-state index contributed by atoms with van der Waals surface area (Å²) in [5.74, 6) is -0.00723. The fourth-order valence-electron chi connectivity index (χ4n) is 3.71. The Morgan fingerprint density at radius 1 is 1.12 bits per heavy atom. The van der Waals surface area contributed by atoms with E-state index in [9.17, 15) is 4.79 Å². The first-order chi connectivity index (χ1) is 12.7. The molecule has 0 spiro atoms. The normalized spacial score (nSPS) is 22.0. The largest absolute Gasteiger partial charge is 0.337 e. The molecule has 26 heavy (non-hydrogen) atoms.